The highest BCUT2D eigenvalue weighted by atomic mass is 32.2. The molecule has 1 amide bonds. The van der Waals surface area contributed by atoms with Gasteiger partial charge in [0.15, 0.2) is 9.84 Å². The van der Waals surface area contributed by atoms with Gasteiger partial charge in [0.2, 0.25) is 5.91 Å². The van der Waals surface area contributed by atoms with Crippen LogP contribution in [0.15, 0.2) is 48.7 Å². The summed E-state index contributed by atoms with van der Waals surface area (Å²) in [4.78, 5) is 18.3. The maximum Gasteiger partial charge on any atom is 0.225 e. The monoisotopic (exact) mass is 373 g/mol. The van der Waals surface area contributed by atoms with E-state index in [1.165, 1.54) is 0 Å². The number of carbonyl (C=O) groups excluding carboxylic acids is 1. The Bertz CT molecular complexity index is 851. The fourth-order valence-corrected chi connectivity index (χ4v) is 4.84. The van der Waals surface area contributed by atoms with Crippen molar-refractivity contribution in [1.82, 2.24) is 4.98 Å². The highest BCUT2D eigenvalue weighted by Crippen LogP contribution is 2.23. The summed E-state index contributed by atoms with van der Waals surface area (Å²) in [5.41, 5.74) is 1.97. The first kappa shape index (κ1) is 18.4. The molecular formula is C19H23N3O3S. The fraction of sp³-hybridized carbons (Fsp3) is 0.368. The summed E-state index contributed by atoms with van der Waals surface area (Å²) < 4.78 is 23.3. The van der Waals surface area contributed by atoms with Crippen molar-refractivity contribution in [1.29, 1.82) is 0 Å². The van der Waals surface area contributed by atoms with Crippen LogP contribution >= 0.6 is 0 Å². The first-order chi connectivity index (χ1) is 12.4. The Labute approximate surface area is 154 Å². The van der Waals surface area contributed by atoms with Crippen LogP contribution in [-0.2, 0) is 21.1 Å². The minimum absolute atomic E-state index is 0.0203. The summed E-state index contributed by atoms with van der Waals surface area (Å²) in [6, 6.07) is 13.4. The summed E-state index contributed by atoms with van der Waals surface area (Å²) in [5, 5.41) is 2.80. The fourth-order valence-electron chi connectivity index (χ4n) is 3.07. The maximum absolute atomic E-state index is 12.1. The number of hydrogen-bond acceptors (Lipinski definition) is 5. The number of hydrogen-bond donors (Lipinski definition) is 1. The van der Waals surface area contributed by atoms with Gasteiger partial charge in [0.05, 0.1) is 23.4 Å². The zero-order chi connectivity index (χ0) is 18.6. The van der Waals surface area contributed by atoms with Crippen LogP contribution in [0, 0.1) is 0 Å². The average molecular weight is 373 g/mol. The van der Waals surface area contributed by atoms with Gasteiger partial charge in [-0.1, -0.05) is 30.3 Å². The molecule has 0 bridgehead atoms. The molecule has 26 heavy (non-hydrogen) atoms. The van der Waals surface area contributed by atoms with Crippen molar-refractivity contribution in [2.75, 3.05) is 28.8 Å². The van der Waals surface area contributed by atoms with Gasteiger partial charge >= 0.3 is 0 Å². The van der Waals surface area contributed by atoms with Crippen LogP contribution in [0.3, 0.4) is 0 Å². The Hall–Kier alpha value is -2.41. The van der Waals surface area contributed by atoms with Crippen molar-refractivity contribution < 1.29 is 13.2 Å². The van der Waals surface area contributed by atoms with E-state index in [-0.39, 0.29) is 23.5 Å². The first-order valence-corrected chi connectivity index (χ1v) is 10.5. The molecule has 2 aromatic rings. The van der Waals surface area contributed by atoms with Crippen LogP contribution in [0.25, 0.3) is 0 Å². The number of benzene rings is 1. The lowest BCUT2D eigenvalue weighted by Crippen LogP contribution is -2.32. The minimum Gasteiger partial charge on any atom is -0.369 e. The van der Waals surface area contributed by atoms with Crippen LogP contribution in [0.4, 0.5) is 11.5 Å². The van der Waals surface area contributed by atoms with Crippen LogP contribution in [-0.4, -0.2) is 43.9 Å². The van der Waals surface area contributed by atoms with Crippen molar-refractivity contribution in [3.63, 3.8) is 0 Å². The molecule has 1 N–H and O–H groups in total. The second-order valence-corrected chi connectivity index (χ2v) is 8.83. The zero-order valence-corrected chi connectivity index (χ0v) is 15.6. The number of anilines is 2. The van der Waals surface area contributed by atoms with E-state index in [9.17, 15) is 13.2 Å². The predicted molar refractivity (Wildman–Crippen MR) is 103 cm³/mol. The number of nitrogens with one attached hydrogen (secondary N) is 1. The van der Waals surface area contributed by atoms with E-state index >= 15 is 0 Å². The molecule has 1 aromatic carbocycles. The molecule has 138 valence electrons. The lowest BCUT2D eigenvalue weighted by atomic mass is 10.1. The Balaban J connectivity index is 1.53. The predicted octanol–water partition coefficient (Wildman–Crippen LogP) is 2.28. The summed E-state index contributed by atoms with van der Waals surface area (Å²) in [6.07, 6.45) is 3.38. The van der Waals surface area contributed by atoms with Gasteiger partial charge in [-0.2, -0.15) is 0 Å². The Kier molecular flexibility index (Phi) is 5.56. The molecule has 1 aliphatic rings. The number of amides is 1. The molecule has 7 heteroatoms. The molecule has 1 aromatic heterocycles. The normalized spacial score (nSPS) is 18.4. The first-order valence-electron chi connectivity index (χ1n) is 8.66. The molecule has 1 fully saturated rings. The Morgan fingerprint density at radius 2 is 2.00 bits per heavy atom. The third-order valence-electron chi connectivity index (χ3n) is 4.66. The molecule has 0 radical (unpaired) electrons. The number of pyridine rings is 1. The SMILES string of the molecule is CN(c1ccc(NC(=O)CCc2ccccc2)nc1)C1CCS(=O)(=O)C1. The topological polar surface area (TPSA) is 79.4 Å². The van der Waals surface area contributed by atoms with E-state index < -0.39 is 9.84 Å². The number of carbonyl (C=O) groups is 1. The van der Waals surface area contributed by atoms with E-state index in [0.29, 0.717) is 25.1 Å². The van der Waals surface area contributed by atoms with Gasteiger partial charge in [-0.3, -0.25) is 4.79 Å². The highest BCUT2D eigenvalue weighted by Gasteiger charge is 2.30. The van der Waals surface area contributed by atoms with Gasteiger partial charge in [-0.05, 0) is 30.5 Å². The Morgan fingerprint density at radius 3 is 2.62 bits per heavy atom. The summed E-state index contributed by atoms with van der Waals surface area (Å²) in [7, 11) is -1.05. The van der Waals surface area contributed by atoms with Gasteiger partial charge < -0.3 is 10.2 Å². The van der Waals surface area contributed by atoms with Crippen LogP contribution in [0.1, 0.15) is 18.4 Å². The van der Waals surface area contributed by atoms with E-state index in [4.69, 9.17) is 0 Å². The van der Waals surface area contributed by atoms with Crippen LogP contribution in [0.5, 0.6) is 0 Å². The van der Waals surface area contributed by atoms with Crippen molar-refractivity contribution in [3.05, 3.63) is 54.2 Å². The molecule has 6 nitrogen and oxygen atoms in total. The third-order valence-corrected chi connectivity index (χ3v) is 6.41. The van der Waals surface area contributed by atoms with Gasteiger partial charge in [-0.15, -0.1) is 0 Å². The maximum atomic E-state index is 12.1. The second-order valence-electron chi connectivity index (χ2n) is 6.60. The molecule has 3 rings (SSSR count). The van der Waals surface area contributed by atoms with Crippen molar-refractivity contribution in [3.8, 4) is 0 Å². The lowest BCUT2D eigenvalue weighted by molar-refractivity contribution is -0.116. The molecule has 2 heterocycles. The van der Waals surface area contributed by atoms with E-state index in [1.807, 2.05) is 48.3 Å². The molecule has 0 saturated carbocycles. The van der Waals surface area contributed by atoms with E-state index in [2.05, 4.69) is 10.3 Å². The van der Waals surface area contributed by atoms with Gasteiger partial charge in [0, 0.05) is 19.5 Å². The van der Waals surface area contributed by atoms with E-state index in [1.54, 1.807) is 12.3 Å². The van der Waals surface area contributed by atoms with Gasteiger partial charge in [0.1, 0.15) is 5.82 Å². The van der Waals surface area contributed by atoms with Crippen molar-refractivity contribution in [2.45, 2.75) is 25.3 Å². The molecule has 0 aliphatic carbocycles. The molecule has 1 atom stereocenters. The number of rotatable bonds is 6. The van der Waals surface area contributed by atoms with Crippen LogP contribution in [0.2, 0.25) is 0 Å². The summed E-state index contributed by atoms with van der Waals surface area (Å²) >= 11 is 0. The standard InChI is InChI=1S/C19H23N3O3S/c1-22(17-11-12-26(24,25)14-17)16-8-9-18(20-13-16)21-19(23)10-7-15-5-3-2-4-6-15/h2-6,8-9,13,17H,7,10-12,14H2,1H3,(H,20,21,23). The van der Waals surface area contributed by atoms with E-state index in [0.717, 1.165) is 11.3 Å². The largest absolute Gasteiger partial charge is 0.369 e. The summed E-state index contributed by atoms with van der Waals surface area (Å²) in [5.74, 6) is 0.843. The van der Waals surface area contributed by atoms with Crippen molar-refractivity contribution in [2.24, 2.45) is 0 Å². The Morgan fingerprint density at radius 1 is 1.23 bits per heavy atom. The zero-order valence-electron chi connectivity index (χ0n) is 14.8. The number of nitrogens with zero attached hydrogens (tertiary/aromatic N) is 2. The van der Waals surface area contributed by atoms with Gasteiger partial charge in [-0.25, -0.2) is 13.4 Å². The number of aromatic nitrogens is 1. The van der Waals surface area contributed by atoms with Crippen molar-refractivity contribution >= 4 is 27.2 Å². The van der Waals surface area contributed by atoms with Crippen LogP contribution < -0.4 is 10.2 Å². The lowest BCUT2D eigenvalue weighted by Gasteiger charge is -2.25. The smallest absolute Gasteiger partial charge is 0.225 e. The molecule has 1 unspecified atom stereocenters. The quantitative estimate of drug-likeness (QED) is 0.840. The number of aryl methyl sites for hydroxylation is 1. The average Bonchev–Trinajstić information content (AvgIpc) is 3.01. The molecular weight excluding hydrogens is 350 g/mol. The molecule has 1 saturated heterocycles. The second kappa shape index (κ2) is 7.86. The molecule has 0 spiro atoms. The number of sulfone groups is 1. The molecule has 1 aliphatic heterocycles. The minimum atomic E-state index is -2.92. The third kappa shape index (κ3) is 4.82. The highest BCUT2D eigenvalue weighted by molar-refractivity contribution is 7.91. The van der Waals surface area contributed by atoms with Gasteiger partial charge in [0.25, 0.3) is 0 Å². The summed E-state index contributed by atoms with van der Waals surface area (Å²) in [6.45, 7) is 0.